The van der Waals surface area contributed by atoms with E-state index in [1.54, 1.807) is 43.0 Å². The molecule has 0 atom stereocenters. The highest BCUT2D eigenvalue weighted by molar-refractivity contribution is 6.12. The van der Waals surface area contributed by atoms with Crippen LogP contribution < -0.4 is 5.73 Å². The van der Waals surface area contributed by atoms with E-state index in [0.717, 1.165) is 11.1 Å². The van der Waals surface area contributed by atoms with Gasteiger partial charge < -0.3 is 10.6 Å². The summed E-state index contributed by atoms with van der Waals surface area (Å²) in [7, 11) is 0. The lowest BCUT2D eigenvalue weighted by atomic mass is 9.89. The number of halogens is 3. The standard InChI is InChI=1S/C25H25F3N4O2/c1-14-8-15(2)21(9-20(14)23(31)16(3)22(30)13-34-25(26,27)28)24(33)32-11-19(12-32)18-6-4-17(10-29)5-7-18/h4-9,19,31H,11-13,30H2,1-3H3/b22-16-,31-23?. The van der Waals surface area contributed by atoms with Crippen LogP contribution in [0.15, 0.2) is 47.7 Å². The number of likely N-dealkylation sites (tertiary alicyclic amines) is 1. The topological polar surface area (TPSA) is 103 Å². The molecule has 0 aromatic heterocycles. The van der Waals surface area contributed by atoms with Crippen LogP contribution in [0.25, 0.3) is 0 Å². The summed E-state index contributed by atoms with van der Waals surface area (Å²) in [4.78, 5) is 14.9. The number of carbonyl (C=O) groups excluding carboxylic acids is 1. The highest BCUT2D eigenvalue weighted by Crippen LogP contribution is 2.30. The number of hydrogen-bond acceptors (Lipinski definition) is 5. The summed E-state index contributed by atoms with van der Waals surface area (Å²) in [6.45, 7) is 5.22. The van der Waals surface area contributed by atoms with Crippen LogP contribution in [0.3, 0.4) is 0 Å². The van der Waals surface area contributed by atoms with Crippen LogP contribution in [0.1, 0.15) is 51.0 Å². The molecule has 1 amide bonds. The molecule has 0 bridgehead atoms. The molecule has 2 aromatic rings. The van der Waals surface area contributed by atoms with E-state index in [-0.39, 0.29) is 28.8 Å². The van der Waals surface area contributed by atoms with Crippen LogP contribution in [0.2, 0.25) is 0 Å². The SMILES string of the molecule is C/C(C(=N)c1cc(C(=O)N2CC(c3ccc(C#N)cc3)C2)c(C)cc1C)=C(/N)COC(F)(F)F. The van der Waals surface area contributed by atoms with Crippen molar-refractivity contribution in [3.8, 4) is 6.07 Å². The van der Waals surface area contributed by atoms with E-state index in [1.807, 2.05) is 12.1 Å². The highest BCUT2D eigenvalue weighted by atomic mass is 19.4. The molecule has 6 nitrogen and oxygen atoms in total. The third kappa shape index (κ3) is 5.46. The third-order valence-electron chi connectivity index (χ3n) is 6.00. The van der Waals surface area contributed by atoms with Crippen molar-refractivity contribution in [1.82, 2.24) is 4.90 Å². The van der Waals surface area contributed by atoms with Crippen LogP contribution in [-0.4, -0.2) is 42.6 Å². The molecule has 2 aromatic carbocycles. The minimum Gasteiger partial charge on any atom is -0.400 e. The van der Waals surface area contributed by atoms with E-state index in [1.165, 1.54) is 6.92 Å². The Morgan fingerprint density at radius 2 is 1.76 bits per heavy atom. The van der Waals surface area contributed by atoms with Crippen LogP contribution in [-0.2, 0) is 4.74 Å². The highest BCUT2D eigenvalue weighted by Gasteiger charge is 2.33. The maximum Gasteiger partial charge on any atom is 0.522 e. The van der Waals surface area contributed by atoms with Gasteiger partial charge in [0, 0.05) is 35.8 Å². The molecule has 0 radical (unpaired) electrons. The van der Waals surface area contributed by atoms with Gasteiger partial charge in [0.15, 0.2) is 0 Å². The van der Waals surface area contributed by atoms with Gasteiger partial charge in [-0.2, -0.15) is 5.26 Å². The number of aryl methyl sites for hydroxylation is 2. The van der Waals surface area contributed by atoms with Crippen molar-refractivity contribution in [3.05, 3.63) is 81.0 Å². The van der Waals surface area contributed by atoms with Gasteiger partial charge in [0.1, 0.15) is 0 Å². The van der Waals surface area contributed by atoms with Crippen LogP contribution >= 0.6 is 0 Å². The Morgan fingerprint density at radius 3 is 2.32 bits per heavy atom. The zero-order valence-corrected chi connectivity index (χ0v) is 19.1. The number of benzene rings is 2. The molecule has 0 spiro atoms. The van der Waals surface area contributed by atoms with Crippen molar-refractivity contribution >= 4 is 11.6 Å². The monoisotopic (exact) mass is 470 g/mol. The van der Waals surface area contributed by atoms with Gasteiger partial charge in [-0.1, -0.05) is 18.2 Å². The number of nitriles is 1. The van der Waals surface area contributed by atoms with E-state index in [0.29, 0.717) is 35.3 Å². The zero-order valence-electron chi connectivity index (χ0n) is 19.1. The second kappa shape index (κ2) is 9.69. The molecule has 0 unspecified atom stereocenters. The van der Waals surface area contributed by atoms with Crippen LogP contribution in [0.4, 0.5) is 13.2 Å². The molecular formula is C25H25F3N4O2. The number of allylic oxidation sites excluding steroid dienone is 1. The number of ether oxygens (including phenoxy) is 1. The maximum atomic E-state index is 13.2. The molecule has 9 heteroatoms. The summed E-state index contributed by atoms with van der Waals surface area (Å²) in [6, 6.07) is 12.8. The minimum absolute atomic E-state index is 0.0612. The second-order valence-corrected chi connectivity index (χ2v) is 8.38. The Kier molecular flexibility index (Phi) is 7.12. The predicted molar refractivity (Wildman–Crippen MR) is 121 cm³/mol. The Labute approximate surface area is 195 Å². The lowest BCUT2D eigenvalue weighted by molar-refractivity contribution is -0.320. The summed E-state index contributed by atoms with van der Waals surface area (Å²) < 4.78 is 40.8. The number of nitrogens with two attached hydrogens (primary N) is 1. The maximum absolute atomic E-state index is 13.2. The predicted octanol–water partition coefficient (Wildman–Crippen LogP) is 4.55. The fraction of sp³-hybridized carbons (Fsp3) is 0.320. The molecule has 0 aliphatic carbocycles. The molecule has 3 rings (SSSR count). The van der Waals surface area contributed by atoms with Crippen molar-refractivity contribution in [2.75, 3.05) is 19.7 Å². The number of amides is 1. The third-order valence-corrected chi connectivity index (χ3v) is 6.00. The smallest absolute Gasteiger partial charge is 0.400 e. The van der Waals surface area contributed by atoms with Gasteiger partial charge in [0.25, 0.3) is 5.91 Å². The zero-order chi connectivity index (χ0) is 25.2. The number of nitrogens with one attached hydrogen (secondary N) is 1. The first kappa shape index (κ1) is 25.0. The minimum atomic E-state index is -4.82. The lowest BCUT2D eigenvalue weighted by Crippen LogP contribution is -2.48. The largest absolute Gasteiger partial charge is 0.522 e. The number of rotatable bonds is 6. The molecule has 178 valence electrons. The van der Waals surface area contributed by atoms with E-state index < -0.39 is 13.0 Å². The Hall–Kier alpha value is -3.64. The number of carbonyl (C=O) groups is 1. The Morgan fingerprint density at radius 1 is 1.18 bits per heavy atom. The van der Waals surface area contributed by atoms with Gasteiger partial charge in [0.05, 0.1) is 24.0 Å². The van der Waals surface area contributed by atoms with Crippen LogP contribution in [0, 0.1) is 30.6 Å². The molecule has 1 saturated heterocycles. The summed E-state index contributed by atoms with van der Waals surface area (Å²) in [5.41, 5.74) is 9.56. The van der Waals surface area contributed by atoms with E-state index in [4.69, 9.17) is 16.4 Å². The first-order chi connectivity index (χ1) is 15.9. The fourth-order valence-electron chi connectivity index (χ4n) is 3.84. The van der Waals surface area contributed by atoms with Gasteiger partial charge >= 0.3 is 6.36 Å². The quantitative estimate of drug-likeness (QED) is 0.605. The summed E-state index contributed by atoms with van der Waals surface area (Å²) in [6.07, 6.45) is -4.82. The second-order valence-electron chi connectivity index (χ2n) is 8.38. The van der Waals surface area contributed by atoms with Gasteiger partial charge in [0.2, 0.25) is 0 Å². The molecular weight excluding hydrogens is 445 g/mol. The Bertz CT molecular complexity index is 1190. The Balaban J connectivity index is 1.77. The molecule has 34 heavy (non-hydrogen) atoms. The number of alkyl halides is 3. The van der Waals surface area contributed by atoms with Crippen molar-refractivity contribution in [2.24, 2.45) is 5.73 Å². The molecule has 0 saturated carbocycles. The summed E-state index contributed by atoms with van der Waals surface area (Å²) >= 11 is 0. The molecule has 1 heterocycles. The molecule has 3 N–H and O–H groups in total. The van der Waals surface area contributed by atoms with Gasteiger partial charge in [-0.25, -0.2) is 0 Å². The summed E-state index contributed by atoms with van der Waals surface area (Å²) in [5, 5.41) is 17.4. The van der Waals surface area contributed by atoms with Crippen LogP contribution in [0.5, 0.6) is 0 Å². The van der Waals surface area contributed by atoms with Crippen molar-refractivity contribution in [2.45, 2.75) is 33.1 Å². The van der Waals surface area contributed by atoms with Gasteiger partial charge in [-0.15, -0.1) is 13.2 Å². The van der Waals surface area contributed by atoms with Gasteiger partial charge in [-0.3, -0.25) is 14.9 Å². The first-order valence-electron chi connectivity index (χ1n) is 10.6. The van der Waals surface area contributed by atoms with E-state index >= 15 is 0 Å². The van der Waals surface area contributed by atoms with Crippen molar-refractivity contribution < 1.29 is 22.7 Å². The first-order valence-corrected chi connectivity index (χ1v) is 10.6. The average molecular weight is 470 g/mol. The molecule has 1 aliphatic heterocycles. The molecule has 1 aliphatic rings. The van der Waals surface area contributed by atoms with Crippen molar-refractivity contribution in [1.29, 1.82) is 10.7 Å². The summed E-state index contributed by atoms with van der Waals surface area (Å²) in [5.74, 6) is 0.00489. The fourth-order valence-corrected chi connectivity index (χ4v) is 3.84. The van der Waals surface area contributed by atoms with Crippen molar-refractivity contribution in [3.63, 3.8) is 0 Å². The molecule has 1 fully saturated rings. The van der Waals surface area contributed by atoms with E-state index in [2.05, 4.69) is 10.8 Å². The lowest BCUT2D eigenvalue weighted by Gasteiger charge is -2.40. The van der Waals surface area contributed by atoms with Gasteiger partial charge in [-0.05, 0) is 61.2 Å². The average Bonchev–Trinajstić information content (AvgIpc) is 2.75. The number of nitrogens with zero attached hydrogens (tertiary/aromatic N) is 2. The normalized spacial score (nSPS) is 14.8. The number of hydrogen-bond donors (Lipinski definition) is 2. The van der Waals surface area contributed by atoms with E-state index in [9.17, 15) is 18.0 Å².